The summed E-state index contributed by atoms with van der Waals surface area (Å²) >= 11 is 0. The van der Waals surface area contributed by atoms with Crippen molar-refractivity contribution in [3.8, 4) is 11.5 Å². The van der Waals surface area contributed by atoms with E-state index in [1.807, 2.05) is 56.1 Å². The minimum Gasteiger partial charge on any atom is -0.490 e. The molecule has 10 heteroatoms. The maximum Gasteiger partial charge on any atom is 0.261 e. The summed E-state index contributed by atoms with van der Waals surface area (Å²) in [7, 11) is -3.60. The van der Waals surface area contributed by atoms with E-state index in [9.17, 15) is 13.2 Å². The van der Waals surface area contributed by atoms with Crippen molar-refractivity contribution >= 4 is 21.6 Å². The SMILES string of the molecule is CCOc1ccc(C2=NN(N3CCN(S(=O)(=O)c4ccc(C)cc4)CC3)C(=O)C3CCCCC23)cc1OCC. The first-order valence-corrected chi connectivity index (χ1v) is 15.4. The minimum atomic E-state index is -3.60. The number of benzene rings is 2. The summed E-state index contributed by atoms with van der Waals surface area (Å²) in [6.45, 7) is 8.22. The number of hydrazone groups is 1. The van der Waals surface area contributed by atoms with Gasteiger partial charge in [-0.1, -0.05) is 30.5 Å². The van der Waals surface area contributed by atoms with Crippen LogP contribution in [0.15, 0.2) is 52.5 Å². The lowest BCUT2D eigenvalue weighted by molar-refractivity contribution is -0.160. The number of carbonyl (C=O) groups excluding carboxylic acids is 1. The molecule has 1 amide bonds. The molecule has 2 atom stereocenters. The Morgan fingerprint density at radius 1 is 0.872 bits per heavy atom. The molecule has 2 fully saturated rings. The van der Waals surface area contributed by atoms with Gasteiger partial charge in [-0.15, -0.1) is 0 Å². The van der Waals surface area contributed by atoms with E-state index in [2.05, 4.69) is 0 Å². The largest absolute Gasteiger partial charge is 0.490 e. The number of aryl methyl sites for hydroxylation is 1. The zero-order valence-electron chi connectivity index (χ0n) is 23.0. The Morgan fingerprint density at radius 3 is 2.18 bits per heavy atom. The third kappa shape index (κ3) is 5.55. The van der Waals surface area contributed by atoms with Crippen LogP contribution in [-0.4, -0.2) is 73.9 Å². The highest BCUT2D eigenvalue weighted by Crippen LogP contribution is 2.39. The van der Waals surface area contributed by atoms with Crippen molar-refractivity contribution in [2.45, 2.75) is 51.3 Å². The number of rotatable bonds is 8. The van der Waals surface area contributed by atoms with E-state index in [0.717, 1.165) is 42.5 Å². The van der Waals surface area contributed by atoms with Crippen LogP contribution >= 0.6 is 0 Å². The van der Waals surface area contributed by atoms with Gasteiger partial charge in [-0.25, -0.2) is 8.42 Å². The molecule has 2 aromatic carbocycles. The quantitative estimate of drug-likeness (QED) is 0.489. The number of amides is 1. The molecule has 2 unspecified atom stereocenters. The molecule has 9 nitrogen and oxygen atoms in total. The Labute approximate surface area is 231 Å². The zero-order chi connectivity index (χ0) is 27.6. The molecule has 210 valence electrons. The van der Waals surface area contributed by atoms with Crippen LogP contribution in [0.4, 0.5) is 0 Å². The second-order valence-corrected chi connectivity index (χ2v) is 12.2. The van der Waals surface area contributed by atoms with Crippen LogP contribution < -0.4 is 9.47 Å². The minimum absolute atomic E-state index is 0.00857. The van der Waals surface area contributed by atoms with Gasteiger partial charge in [0, 0.05) is 43.6 Å². The second-order valence-electron chi connectivity index (χ2n) is 10.3. The first-order chi connectivity index (χ1) is 18.8. The number of nitrogens with zero attached hydrogens (tertiary/aromatic N) is 4. The zero-order valence-corrected chi connectivity index (χ0v) is 23.8. The molecule has 2 heterocycles. The maximum atomic E-state index is 13.7. The van der Waals surface area contributed by atoms with Gasteiger partial charge < -0.3 is 9.47 Å². The van der Waals surface area contributed by atoms with Crippen molar-refractivity contribution in [2.24, 2.45) is 16.9 Å². The number of piperazine rings is 1. The fourth-order valence-corrected chi connectivity index (χ4v) is 7.20. The van der Waals surface area contributed by atoms with Gasteiger partial charge in [0.1, 0.15) is 0 Å². The van der Waals surface area contributed by atoms with Gasteiger partial charge in [0.2, 0.25) is 10.0 Å². The summed E-state index contributed by atoms with van der Waals surface area (Å²) in [5.74, 6) is 1.29. The van der Waals surface area contributed by atoms with E-state index < -0.39 is 10.0 Å². The summed E-state index contributed by atoms with van der Waals surface area (Å²) in [6.07, 6.45) is 3.83. The maximum absolute atomic E-state index is 13.7. The smallest absolute Gasteiger partial charge is 0.261 e. The van der Waals surface area contributed by atoms with Crippen molar-refractivity contribution in [1.82, 2.24) is 14.4 Å². The number of carbonyl (C=O) groups is 1. The lowest BCUT2D eigenvalue weighted by Crippen LogP contribution is -2.58. The van der Waals surface area contributed by atoms with Crippen molar-refractivity contribution in [2.75, 3.05) is 39.4 Å². The summed E-state index contributed by atoms with van der Waals surface area (Å²) in [6, 6.07) is 12.8. The van der Waals surface area contributed by atoms with Crippen LogP contribution in [0.5, 0.6) is 11.5 Å². The van der Waals surface area contributed by atoms with E-state index in [-0.39, 0.29) is 30.8 Å². The number of ether oxygens (including phenoxy) is 2. The molecule has 1 saturated heterocycles. The Morgan fingerprint density at radius 2 is 1.51 bits per heavy atom. The number of hydrogen-bond acceptors (Lipinski definition) is 7. The van der Waals surface area contributed by atoms with Crippen LogP contribution in [0.1, 0.15) is 50.7 Å². The first-order valence-electron chi connectivity index (χ1n) is 14.0. The Balaban J connectivity index is 1.41. The van der Waals surface area contributed by atoms with E-state index >= 15 is 0 Å². The van der Waals surface area contributed by atoms with Crippen molar-refractivity contribution in [3.63, 3.8) is 0 Å². The van der Waals surface area contributed by atoms with E-state index in [1.165, 1.54) is 9.42 Å². The van der Waals surface area contributed by atoms with E-state index in [0.29, 0.717) is 42.7 Å². The molecule has 2 aliphatic heterocycles. The molecule has 1 saturated carbocycles. The van der Waals surface area contributed by atoms with Gasteiger partial charge >= 0.3 is 0 Å². The predicted octanol–water partition coefficient (Wildman–Crippen LogP) is 4.07. The molecule has 1 aliphatic carbocycles. The molecule has 0 bridgehead atoms. The summed E-state index contributed by atoms with van der Waals surface area (Å²) in [5.41, 5.74) is 2.83. The first kappa shape index (κ1) is 27.6. The highest BCUT2D eigenvalue weighted by molar-refractivity contribution is 7.89. The van der Waals surface area contributed by atoms with Crippen LogP contribution in [0.3, 0.4) is 0 Å². The summed E-state index contributed by atoms with van der Waals surface area (Å²) < 4.78 is 39.5. The number of hydrazine groups is 1. The van der Waals surface area contributed by atoms with Gasteiger partial charge in [0.25, 0.3) is 5.91 Å². The van der Waals surface area contributed by atoms with Crippen molar-refractivity contribution < 1.29 is 22.7 Å². The molecule has 39 heavy (non-hydrogen) atoms. The van der Waals surface area contributed by atoms with Crippen molar-refractivity contribution in [1.29, 1.82) is 0 Å². The molecule has 0 radical (unpaired) electrons. The average molecular weight is 555 g/mol. The van der Waals surface area contributed by atoms with E-state index in [1.54, 1.807) is 12.1 Å². The molecule has 0 aromatic heterocycles. The summed E-state index contributed by atoms with van der Waals surface area (Å²) in [5, 5.41) is 8.35. The molecule has 0 N–H and O–H groups in total. The fourth-order valence-electron chi connectivity index (χ4n) is 5.78. The van der Waals surface area contributed by atoms with Gasteiger partial charge in [-0.3, -0.25) is 4.79 Å². The molecule has 3 aliphatic rings. The average Bonchev–Trinajstić information content (AvgIpc) is 2.95. The van der Waals surface area contributed by atoms with Gasteiger partial charge in [0.15, 0.2) is 11.5 Å². The van der Waals surface area contributed by atoms with Gasteiger partial charge in [-0.2, -0.15) is 19.5 Å². The topological polar surface area (TPSA) is 91.8 Å². The monoisotopic (exact) mass is 554 g/mol. The highest BCUT2D eigenvalue weighted by Gasteiger charge is 2.44. The van der Waals surface area contributed by atoms with Gasteiger partial charge in [-0.05, 0) is 63.9 Å². The Hall–Kier alpha value is -2.95. The molecular weight excluding hydrogens is 516 g/mol. The van der Waals surface area contributed by atoms with E-state index in [4.69, 9.17) is 14.6 Å². The Kier molecular flexibility index (Phi) is 8.25. The van der Waals surface area contributed by atoms with Crippen LogP contribution in [0, 0.1) is 18.8 Å². The highest BCUT2D eigenvalue weighted by atomic mass is 32.2. The summed E-state index contributed by atoms with van der Waals surface area (Å²) in [4.78, 5) is 14.0. The lowest BCUT2D eigenvalue weighted by atomic mass is 9.73. The number of fused-ring (bicyclic) bond motifs is 1. The molecular formula is C29H38N4O5S. The van der Waals surface area contributed by atoms with Crippen molar-refractivity contribution in [3.05, 3.63) is 53.6 Å². The molecule has 5 rings (SSSR count). The molecule has 2 aromatic rings. The predicted molar refractivity (Wildman–Crippen MR) is 149 cm³/mol. The fraction of sp³-hybridized carbons (Fsp3) is 0.517. The van der Waals surface area contributed by atoms with Crippen LogP contribution in [0.2, 0.25) is 0 Å². The van der Waals surface area contributed by atoms with Crippen LogP contribution in [-0.2, 0) is 14.8 Å². The lowest BCUT2D eigenvalue weighted by Gasteiger charge is -2.44. The third-order valence-electron chi connectivity index (χ3n) is 7.81. The standard InChI is InChI=1S/C29H38N4O5S/c1-4-37-26-15-12-22(20-27(26)38-5-2)28-24-8-6-7-9-25(24)29(34)33(30-28)31-16-18-32(19-17-31)39(35,36)23-13-10-21(3)11-14-23/h10-15,20,24-25H,4-9,16-19H2,1-3H3. The Bertz CT molecular complexity index is 1320. The normalized spacial score (nSPS) is 22.8. The third-order valence-corrected chi connectivity index (χ3v) is 9.73. The number of hydrogen-bond donors (Lipinski definition) is 0. The number of sulfonamides is 1. The van der Waals surface area contributed by atoms with Crippen LogP contribution in [0.25, 0.3) is 0 Å². The van der Waals surface area contributed by atoms with Gasteiger partial charge in [0.05, 0.1) is 23.8 Å². The second kappa shape index (κ2) is 11.7. The molecule has 0 spiro atoms.